The molecule has 25 heavy (non-hydrogen) atoms. The number of aryl methyl sites for hydroxylation is 1. The van der Waals surface area contributed by atoms with Crippen LogP contribution in [0.4, 0.5) is 0 Å². The second kappa shape index (κ2) is 7.67. The third kappa shape index (κ3) is 4.48. The number of rotatable bonds is 6. The molecule has 9 heteroatoms. The van der Waals surface area contributed by atoms with Gasteiger partial charge in [-0.1, -0.05) is 0 Å². The summed E-state index contributed by atoms with van der Waals surface area (Å²) in [6.07, 6.45) is 4.94. The molecule has 8 nitrogen and oxygen atoms in total. The minimum Gasteiger partial charge on any atom is -0.350 e. The summed E-state index contributed by atoms with van der Waals surface area (Å²) in [4.78, 5) is 45.1. The van der Waals surface area contributed by atoms with Crippen LogP contribution in [-0.2, 0) is 17.9 Å². The van der Waals surface area contributed by atoms with E-state index in [1.807, 2.05) is 17.5 Å². The molecule has 0 radical (unpaired) electrons. The number of aromatic nitrogens is 4. The van der Waals surface area contributed by atoms with Gasteiger partial charge in [0.2, 0.25) is 5.91 Å². The van der Waals surface area contributed by atoms with Crippen LogP contribution in [0.1, 0.15) is 12.1 Å². The number of H-pyrrole nitrogens is 1. The molecule has 1 amide bonds. The molecule has 3 heterocycles. The first kappa shape index (κ1) is 16.8. The summed E-state index contributed by atoms with van der Waals surface area (Å²) in [7, 11) is 0. The molecule has 0 saturated heterocycles. The van der Waals surface area contributed by atoms with Gasteiger partial charge in [-0.25, -0.2) is 9.78 Å². The number of nitrogens with one attached hydrogen (secondary N) is 2. The monoisotopic (exact) mass is 357 g/mol. The van der Waals surface area contributed by atoms with E-state index in [2.05, 4.69) is 20.3 Å². The number of carbonyl (C=O) groups excluding carboxylic acids is 1. The molecule has 3 aromatic heterocycles. The zero-order chi connectivity index (χ0) is 17.6. The molecule has 0 bridgehead atoms. The lowest BCUT2D eigenvalue weighted by atomic mass is 10.3. The van der Waals surface area contributed by atoms with E-state index in [4.69, 9.17) is 0 Å². The standard InChI is InChI=1S/C16H15N5O3S/c22-13(3-6-21-7-4-14(23)20-16(21)24)18-9-12-10-25-15(19-12)11-2-1-5-17-8-11/h1-2,4-5,7-8,10H,3,6,9H2,(H,18,22)(H,20,23,24). The largest absolute Gasteiger partial charge is 0.350 e. The zero-order valence-corrected chi connectivity index (χ0v) is 14.0. The highest BCUT2D eigenvalue weighted by atomic mass is 32.1. The van der Waals surface area contributed by atoms with E-state index in [9.17, 15) is 14.4 Å². The fourth-order valence-corrected chi connectivity index (χ4v) is 2.94. The van der Waals surface area contributed by atoms with Gasteiger partial charge in [0.05, 0.1) is 12.2 Å². The Morgan fingerprint density at radius 1 is 1.32 bits per heavy atom. The predicted octanol–water partition coefficient (Wildman–Crippen LogP) is 0.762. The number of pyridine rings is 1. The van der Waals surface area contributed by atoms with E-state index in [0.29, 0.717) is 6.54 Å². The lowest BCUT2D eigenvalue weighted by molar-refractivity contribution is -0.121. The van der Waals surface area contributed by atoms with Crippen molar-refractivity contribution >= 4 is 17.2 Å². The van der Waals surface area contributed by atoms with Crippen LogP contribution < -0.4 is 16.6 Å². The van der Waals surface area contributed by atoms with Crippen molar-refractivity contribution in [3.05, 3.63) is 68.7 Å². The molecule has 3 rings (SSSR count). The number of nitrogens with zero attached hydrogens (tertiary/aromatic N) is 3. The average molecular weight is 357 g/mol. The molecule has 0 aromatic carbocycles. The van der Waals surface area contributed by atoms with Gasteiger partial charge in [0.15, 0.2) is 0 Å². The van der Waals surface area contributed by atoms with Crippen molar-refractivity contribution in [1.82, 2.24) is 24.8 Å². The second-order valence-corrected chi connectivity index (χ2v) is 6.07. The highest BCUT2D eigenvalue weighted by Crippen LogP contribution is 2.22. The Morgan fingerprint density at radius 3 is 2.96 bits per heavy atom. The Morgan fingerprint density at radius 2 is 2.20 bits per heavy atom. The molecular weight excluding hydrogens is 342 g/mol. The van der Waals surface area contributed by atoms with Crippen molar-refractivity contribution in [3.8, 4) is 10.6 Å². The minimum atomic E-state index is -0.527. The van der Waals surface area contributed by atoms with Gasteiger partial charge in [0, 0.05) is 48.6 Å². The fraction of sp³-hybridized carbons (Fsp3) is 0.188. The molecule has 0 saturated carbocycles. The summed E-state index contributed by atoms with van der Waals surface area (Å²) in [6.45, 7) is 0.509. The van der Waals surface area contributed by atoms with E-state index >= 15 is 0 Å². The van der Waals surface area contributed by atoms with Gasteiger partial charge in [0.1, 0.15) is 5.01 Å². The van der Waals surface area contributed by atoms with Crippen molar-refractivity contribution in [1.29, 1.82) is 0 Å². The Bertz CT molecular complexity index is 977. The zero-order valence-electron chi connectivity index (χ0n) is 13.1. The summed E-state index contributed by atoms with van der Waals surface area (Å²) in [5.74, 6) is -0.200. The number of carbonyl (C=O) groups is 1. The summed E-state index contributed by atoms with van der Waals surface area (Å²) in [6, 6.07) is 5.02. The van der Waals surface area contributed by atoms with Crippen molar-refractivity contribution in [2.45, 2.75) is 19.5 Å². The SMILES string of the molecule is O=C(CCn1ccc(=O)[nH]c1=O)NCc1csc(-c2cccnc2)n1. The Labute approximate surface area is 146 Å². The molecule has 0 aliphatic heterocycles. The molecule has 0 atom stereocenters. The van der Waals surface area contributed by atoms with Crippen molar-refractivity contribution in [3.63, 3.8) is 0 Å². The first-order valence-corrected chi connectivity index (χ1v) is 8.41. The summed E-state index contributed by atoms with van der Waals surface area (Å²) in [5.41, 5.74) is 0.709. The third-order valence-corrected chi connectivity index (χ3v) is 4.34. The van der Waals surface area contributed by atoms with Crippen LogP contribution in [0.3, 0.4) is 0 Å². The smallest absolute Gasteiger partial charge is 0.328 e. The molecule has 0 aliphatic rings. The van der Waals surface area contributed by atoms with Gasteiger partial charge < -0.3 is 9.88 Å². The van der Waals surface area contributed by atoms with Gasteiger partial charge in [-0.15, -0.1) is 11.3 Å². The average Bonchev–Trinajstić information content (AvgIpc) is 3.09. The number of hydrogen-bond donors (Lipinski definition) is 2. The van der Waals surface area contributed by atoms with Crippen LogP contribution in [-0.4, -0.2) is 25.4 Å². The van der Waals surface area contributed by atoms with Gasteiger partial charge >= 0.3 is 5.69 Å². The maximum Gasteiger partial charge on any atom is 0.328 e. The minimum absolute atomic E-state index is 0.131. The lowest BCUT2D eigenvalue weighted by Gasteiger charge is -2.05. The molecule has 0 unspecified atom stereocenters. The first-order valence-electron chi connectivity index (χ1n) is 7.53. The van der Waals surface area contributed by atoms with Crippen molar-refractivity contribution < 1.29 is 4.79 Å². The summed E-state index contributed by atoms with van der Waals surface area (Å²) < 4.78 is 1.28. The maximum atomic E-state index is 11.9. The number of hydrogen-bond acceptors (Lipinski definition) is 6. The topological polar surface area (TPSA) is 110 Å². The predicted molar refractivity (Wildman–Crippen MR) is 93.1 cm³/mol. The quantitative estimate of drug-likeness (QED) is 0.677. The van der Waals surface area contributed by atoms with Crippen LogP contribution in [0, 0.1) is 0 Å². The Kier molecular flexibility index (Phi) is 5.14. The molecule has 0 spiro atoms. The summed E-state index contributed by atoms with van der Waals surface area (Å²) in [5, 5.41) is 5.50. The van der Waals surface area contributed by atoms with Crippen LogP contribution in [0.5, 0.6) is 0 Å². The molecule has 0 aliphatic carbocycles. The van der Waals surface area contributed by atoms with Gasteiger partial charge in [0.25, 0.3) is 5.56 Å². The van der Waals surface area contributed by atoms with Crippen LogP contribution >= 0.6 is 11.3 Å². The molecule has 0 fully saturated rings. The van der Waals surface area contributed by atoms with Crippen LogP contribution in [0.25, 0.3) is 10.6 Å². The molecule has 128 valence electrons. The van der Waals surface area contributed by atoms with E-state index in [0.717, 1.165) is 16.3 Å². The first-order chi connectivity index (χ1) is 12.1. The summed E-state index contributed by atoms with van der Waals surface area (Å²) >= 11 is 1.49. The highest BCUT2D eigenvalue weighted by Gasteiger charge is 2.07. The second-order valence-electron chi connectivity index (χ2n) is 5.22. The number of aromatic amines is 1. The maximum absolute atomic E-state index is 11.9. The van der Waals surface area contributed by atoms with Gasteiger partial charge in [-0.2, -0.15) is 0 Å². The molecule has 3 aromatic rings. The van der Waals surface area contributed by atoms with Crippen LogP contribution in [0.2, 0.25) is 0 Å². The van der Waals surface area contributed by atoms with E-state index < -0.39 is 11.2 Å². The normalized spacial score (nSPS) is 10.6. The lowest BCUT2D eigenvalue weighted by Crippen LogP contribution is -2.31. The number of amides is 1. The van der Waals surface area contributed by atoms with E-state index in [1.165, 1.54) is 28.2 Å². The van der Waals surface area contributed by atoms with Crippen molar-refractivity contribution in [2.75, 3.05) is 0 Å². The van der Waals surface area contributed by atoms with Gasteiger partial charge in [-0.05, 0) is 12.1 Å². The van der Waals surface area contributed by atoms with Gasteiger partial charge in [-0.3, -0.25) is 19.6 Å². The van der Waals surface area contributed by atoms with Crippen LogP contribution in [0.15, 0.2) is 51.8 Å². The Hall–Kier alpha value is -3.07. The van der Waals surface area contributed by atoms with E-state index in [-0.39, 0.29) is 18.9 Å². The third-order valence-electron chi connectivity index (χ3n) is 3.40. The number of thiazole rings is 1. The van der Waals surface area contributed by atoms with E-state index in [1.54, 1.807) is 12.4 Å². The Balaban J connectivity index is 1.52. The van der Waals surface area contributed by atoms with Crippen molar-refractivity contribution in [2.24, 2.45) is 0 Å². The fourth-order valence-electron chi connectivity index (χ4n) is 2.13. The molecular formula is C16H15N5O3S. The highest BCUT2D eigenvalue weighted by molar-refractivity contribution is 7.13. The molecule has 2 N–H and O–H groups in total.